The molecule has 0 saturated carbocycles. The van der Waals surface area contributed by atoms with Gasteiger partial charge >= 0.3 is 0 Å². The number of unbranched alkanes of at least 4 members (excludes halogenated alkanes) is 12. The first-order valence-electron chi connectivity index (χ1n) is 38.0. The van der Waals surface area contributed by atoms with Crippen LogP contribution in [0.25, 0.3) is 0 Å². The van der Waals surface area contributed by atoms with Gasteiger partial charge < -0.3 is 103 Å². The van der Waals surface area contributed by atoms with Crippen molar-refractivity contribution in [3.05, 3.63) is 0 Å². The van der Waals surface area contributed by atoms with E-state index in [4.69, 9.17) is 44.9 Å². The van der Waals surface area contributed by atoms with Gasteiger partial charge in [-0.1, -0.05) is 139 Å². The van der Waals surface area contributed by atoms with Crippen LogP contribution in [0.2, 0.25) is 0 Å². The summed E-state index contributed by atoms with van der Waals surface area (Å²) < 4.78 is 0. The molecule has 26 N–H and O–H groups in total. The quantitative estimate of drug-likeness (QED) is 0.0215. The van der Waals surface area contributed by atoms with Crippen LogP contribution in [-0.4, -0.2) is 192 Å². The van der Waals surface area contributed by atoms with Crippen molar-refractivity contribution in [2.24, 2.45) is 52.3 Å². The lowest BCUT2D eigenvalue weighted by Gasteiger charge is -2.32. The molecule has 1 heterocycles. The molecule has 0 unspecified atom stereocenters. The average Bonchev–Trinajstić information content (AvgIpc) is 1.61. The summed E-state index contributed by atoms with van der Waals surface area (Å²) in [5, 5.41) is 56.8. The van der Waals surface area contributed by atoms with Crippen molar-refractivity contribution in [3.8, 4) is 0 Å². The van der Waals surface area contributed by atoms with Gasteiger partial charge in [0.05, 0.1) is 6.42 Å². The van der Waals surface area contributed by atoms with Gasteiger partial charge in [0.1, 0.15) is 66.5 Å². The highest BCUT2D eigenvalue weighted by molar-refractivity contribution is 6.00. The number of guanidine groups is 3. The summed E-state index contributed by atoms with van der Waals surface area (Å²) in [6.45, 7) is 19.2. The van der Waals surface area contributed by atoms with Crippen molar-refractivity contribution in [2.45, 2.75) is 303 Å². The Hall–Kier alpha value is -9.08. The summed E-state index contributed by atoms with van der Waals surface area (Å²) in [4.78, 5) is 180. The Labute approximate surface area is 626 Å². The lowest BCUT2D eigenvalue weighted by atomic mass is 10.00. The predicted octanol–water partition coefficient (Wildman–Crippen LogP) is -0.0988. The number of amides is 13. The van der Waals surface area contributed by atoms with Crippen molar-refractivity contribution in [1.82, 2.24) is 74.0 Å². The largest absolute Gasteiger partial charge is 0.370 e. The molecule has 1 rings (SSSR count). The van der Waals surface area contributed by atoms with Gasteiger partial charge in [0.15, 0.2) is 17.9 Å². The van der Waals surface area contributed by atoms with Crippen LogP contribution in [0.15, 0.2) is 0 Å². The van der Waals surface area contributed by atoms with E-state index in [0.29, 0.717) is 12.8 Å². The maximum atomic E-state index is 14.6. The Balaban J connectivity index is 3.29. The minimum Gasteiger partial charge on any atom is -0.370 e. The van der Waals surface area contributed by atoms with Gasteiger partial charge in [0, 0.05) is 32.6 Å². The molecule has 13 amide bonds. The zero-order chi connectivity index (χ0) is 80.2. The number of nitrogens with one attached hydrogen (secondary N) is 16. The van der Waals surface area contributed by atoms with E-state index < -0.39 is 150 Å². The van der Waals surface area contributed by atoms with Crippen LogP contribution in [0.3, 0.4) is 0 Å². The molecule has 0 spiro atoms. The lowest BCUT2D eigenvalue weighted by Crippen LogP contribution is -2.61. The number of hydrogen-bond acceptors (Lipinski definition) is 16. The zero-order valence-electron chi connectivity index (χ0n) is 64.8. The normalized spacial score (nSPS) is 15.5. The highest BCUT2D eigenvalue weighted by atomic mass is 16.2. The van der Waals surface area contributed by atoms with E-state index in [0.717, 1.165) is 25.7 Å². The Kier molecular flexibility index (Phi) is 46.6. The monoisotopic (exact) mass is 1500 g/mol. The first-order chi connectivity index (χ1) is 49.9. The zero-order valence-corrected chi connectivity index (χ0v) is 64.8. The van der Waals surface area contributed by atoms with Crippen LogP contribution in [0.1, 0.15) is 237 Å². The molecular formula is C71H132N22O13. The third-order valence-electron chi connectivity index (χ3n) is 17.9. The van der Waals surface area contributed by atoms with E-state index in [1.807, 2.05) is 13.8 Å². The molecule has 35 nitrogen and oxygen atoms in total. The van der Waals surface area contributed by atoms with Crippen LogP contribution in [0.5, 0.6) is 0 Å². The number of primary amides is 2. The number of rotatable bonds is 55. The molecule has 1 fully saturated rings. The summed E-state index contributed by atoms with van der Waals surface area (Å²) in [5.74, 6) is -12.6. The lowest BCUT2D eigenvalue weighted by molar-refractivity contribution is -0.143. The molecule has 1 aliphatic heterocycles. The Morgan fingerprint density at radius 2 is 0.755 bits per heavy atom. The number of nitrogens with zero attached hydrogens (tertiary/aromatic N) is 1. The molecule has 0 aromatic rings. The summed E-state index contributed by atoms with van der Waals surface area (Å²) in [6.07, 6.45) is 15.8. The number of likely N-dealkylation sites (tertiary alicyclic amines) is 1. The third kappa shape index (κ3) is 39.9. The van der Waals surface area contributed by atoms with E-state index >= 15 is 0 Å². The minimum atomic E-state index is -1.74. The van der Waals surface area contributed by atoms with Gasteiger partial charge in [-0.2, -0.15) is 0 Å². The van der Waals surface area contributed by atoms with Crippen LogP contribution < -0.4 is 97.8 Å². The van der Waals surface area contributed by atoms with Crippen LogP contribution in [-0.2, 0) is 62.3 Å². The number of hydrogen-bond donors (Lipinski definition) is 21. The van der Waals surface area contributed by atoms with Crippen molar-refractivity contribution >= 4 is 94.7 Å². The first-order valence-corrected chi connectivity index (χ1v) is 38.0. The highest BCUT2D eigenvalue weighted by Crippen LogP contribution is 2.22. The Morgan fingerprint density at radius 3 is 1.19 bits per heavy atom. The van der Waals surface area contributed by atoms with Crippen LogP contribution >= 0.6 is 0 Å². The van der Waals surface area contributed by atoms with Crippen molar-refractivity contribution in [3.63, 3.8) is 0 Å². The van der Waals surface area contributed by atoms with Crippen molar-refractivity contribution in [2.75, 3.05) is 26.2 Å². The summed E-state index contributed by atoms with van der Waals surface area (Å²) >= 11 is 0. The van der Waals surface area contributed by atoms with Crippen molar-refractivity contribution in [1.29, 1.82) is 16.2 Å². The topological polar surface area (TPSA) is 583 Å². The van der Waals surface area contributed by atoms with E-state index in [1.165, 1.54) is 70.1 Å². The second kappa shape index (κ2) is 52.0. The molecule has 1 saturated heterocycles. The van der Waals surface area contributed by atoms with Gasteiger partial charge in [0.2, 0.25) is 76.8 Å². The van der Waals surface area contributed by atoms with Crippen LogP contribution in [0.4, 0.5) is 0 Å². The SMILES string of the molecule is CCCCCCCCCCCCCCCC(=O)N[C@H](C(=O)N[C@@H](CCCNC(=N)N)C(=O)N1CCC[C@H]1C(=O)N[C@H](C(=O)N[C@@H](C)C(=O)N[C@@H](CC(N)=O)C(=O)N[C@@H](C)C(=O)N[C@@H](CCCNC(=N)N)C(=O)N[C@@H](CC(C)C)C(=O)N[C@@H](CCCNC(=N)N)C(=O)N[C@@H](CC(C)C)C(N)=O)C(C)C)C(C)C. The van der Waals surface area contributed by atoms with Crippen molar-refractivity contribution < 1.29 is 62.3 Å². The smallest absolute Gasteiger partial charge is 0.245 e. The van der Waals surface area contributed by atoms with E-state index in [-0.39, 0.29) is 132 Å². The molecule has 106 heavy (non-hydrogen) atoms. The average molecular weight is 1500 g/mol. The molecule has 0 radical (unpaired) electrons. The van der Waals surface area contributed by atoms with Gasteiger partial charge in [-0.05, 0) is 108 Å². The molecule has 0 aromatic heterocycles. The van der Waals surface area contributed by atoms with Gasteiger partial charge in [-0.15, -0.1) is 0 Å². The maximum Gasteiger partial charge on any atom is 0.245 e. The molecule has 0 bridgehead atoms. The van der Waals surface area contributed by atoms with Gasteiger partial charge in [-0.25, -0.2) is 0 Å². The Bertz CT molecular complexity index is 2860. The fourth-order valence-electron chi connectivity index (χ4n) is 12.0. The molecule has 0 aliphatic carbocycles. The molecule has 0 aromatic carbocycles. The summed E-state index contributed by atoms with van der Waals surface area (Å²) in [5.41, 5.74) is 27.5. The summed E-state index contributed by atoms with van der Waals surface area (Å²) in [6, 6.07) is -14.3. The Morgan fingerprint density at radius 1 is 0.396 bits per heavy atom. The second-order valence-corrected chi connectivity index (χ2v) is 29.3. The second-order valence-electron chi connectivity index (χ2n) is 29.3. The van der Waals surface area contributed by atoms with E-state index in [9.17, 15) is 62.3 Å². The number of carbonyl (C=O) groups is 13. The molecule has 604 valence electrons. The minimum absolute atomic E-state index is 0.00576. The van der Waals surface area contributed by atoms with Gasteiger partial charge in [-0.3, -0.25) is 78.6 Å². The molecule has 35 heteroatoms. The molecule has 11 atom stereocenters. The highest BCUT2D eigenvalue weighted by Gasteiger charge is 2.41. The first kappa shape index (κ1) is 94.9. The molecule has 1 aliphatic rings. The fraction of sp³-hybridized carbons (Fsp3) is 0.775. The maximum absolute atomic E-state index is 14.6. The standard InChI is InChI=1S/C71H132N22O13/c1-12-13-14-15-16-17-18-19-20-21-22-23-24-33-55(95)91-56(43(6)7)67(105)87-49(31-27-36-82-71(78)79)68(106)93-37-28-32-53(93)65(103)92-57(44(8)9)66(104)84-46(11)60(98)89-52(40-54(72)94)63(101)83-45(10)59(97)85-47(29-25-34-80-69(74)75)62(100)90-51(39-42(4)5)64(102)86-48(30-26-35-81-70(76)77)61(99)88-50(58(73)96)38-41(2)3/h41-53,56-57H,12-40H2,1-11H3,(H2,72,94)(H2,73,96)(H,83,101)(H,84,104)(H,85,97)(H,86,102)(H,87,105)(H,88,99)(H,89,98)(H,90,100)(H,91,95)(H,92,103)(H4,74,75,80)(H4,76,77,81)(H4,78,79,82)/t45-,46-,47-,48-,49-,50-,51-,52-,53-,56-,57-/m0/s1. The summed E-state index contributed by atoms with van der Waals surface area (Å²) in [7, 11) is 0. The fourth-order valence-corrected chi connectivity index (χ4v) is 12.0. The predicted molar refractivity (Wildman–Crippen MR) is 405 cm³/mol. The number of nitrogens with two attached hydrogens (primary N) is 5. The third-order valence-corrected chi connectivity index (χ3v) is 17.9. The number of carbonyl (C=O) groups excluding carboxylic acids is 13. The van der Waals surface area contributed by atoms with Gasteiger partial charge in [0.25, 0.3) is 0 Å². The van der Waals surface area contributed by atoms with Crippen LogP contribution in [0, 0.1) is 39.9 Å². The molecular weight excluding hydrogens is 1370 g/mol. The van der Waals surface area contributed by atoms with E-state index in [1.54, 1.807) is 41.5 Å². The van der Waals surface area contributed by atoms with E-state index in [2.05, 4.69) is 76.0 Å².